The predicted octanol–water partition coefficient (Wildman–Crippen LogP) is 4.34. The summed E-state index contributed by atoms with van der Waals surface area (Å²) in [6.45, 7) is 1.93. The number of carbonyl (C=O) groups is 1. The molecule has 0 fully saturated rings. The summed E-state index contributed by atoms with van der Waals surface area (Å²) in [5, 5.41) is 1.98. The zero-order valence-electron chi connectivity index (χ0n) is 14.1. The van der Waals surface area contributed by atoms with Gasteiger partial charge in [-0.3, -0.25) is 9.59 Å². The third-order valence-electron chi connectivity index (χ3n) is 4.35. The monoisotopic (exact) mass is 331 g/mol. The molecule has 1 atom stereocenters. The molecule has 0 bridgehead atoms. The molecule has 1 unspecified atom stereocenters. The van der Waals surface area contributed by atoms with E-state index in [1.54, 1.807) is 6.92 Å². The summed E-state index contributed by atoms with van der Waals surface area (Å²) < 4.78 is 5.34. The van der Waals surface area contributed by atoms with Crippen LogP contribution in [0.1, 0.15) is 24.5 Å². The molecule has 25 heavy (non-hydrogen) atoms. The molecule has 0 amide bonds. The molecule has 3 rings (SSSR count). The van der Waals surface area contributed by atoms with Crippen molar-refractivity contribution in [1.82, 2.24) is 0 Å². The summed E-state index contributed by atoms with van der Waals surface area (Å²) >= 11 is 0. The van der Waals surface area contributed by atoms with Crippen molar-refractivity contribution in [2.75, 3.05) is 0 Å². The first-order valence-corrected chi connectivity index (χ1v) is 8.19. The van der Waals surface area contributed by atoms with E-state index in [1.807, 2.05) is 72.8 Å². The summed E-state index contributed by atoms with van der Waals surface area (Å²) in [6.07, 6.45) is 2.02. The fourth-order valence-electron chi connectivity index (χ4n) is 2.97. The van der Waals surface area contributed by atoms with Gasteiger partial charge < -0.3 is 4.74 Å². The average Bonchev–Trinajstić information content (AvgIpc) is 2.66. The Kier molecular flexibility index (Phi) is 4.94. The minimum absolute atomic E-state index is 0.0443. The van der Waals surface area contributed by atoms with E-state index < -0.39 is 11.4 Å². The highest BCUT2D eigenvalue weighted by atomic mass is 16.5. The van der Waals surface area contributed by atoms with Crippen molar-refractivity contribution < 1.29 is 14.3 Å². The Morgan fingerprint density at radius 1 is 0.960 bits per heavy atom. The van der Waals surface area contributed by atoms with Gasteiger partial charge in [-0.05, 0) is 28.8 Å². The smallest absolute Gasteiger partial charge is 0.307 e. The SMILES string of the molecule is CC([C]=O)(CC(=O)OCc1ccccc1)c1cccc2ccccc12. The van der Waals surface area contributed by atoms with Gasteiger partial charge in [0.1, 0.15) is 6.61 Å². The molecule has 3 nitrogen and oxygen atoms in total. The van der Waals surface area contributed by atoms with E-state index in [1.165, 1.54) is 0 Å². The number of fused-ring (bicyclic) bond motifs is 1. The molecule has 0 spiro atoms. The number of rotatable bonds is 6. The van der Waals surface area contributed by atoms with Crippen LogP contribution >= 0.6 is 0 Å². The highest BCUT2D eigenvalue weighted by Gasteiger charge is 2.32. The van der Waals surface area contributed by atoms with Gasteiger partial charge in [0.25, 0.3) is 0 Å². The lowest BCUT2D eigenvalue weighted by atomic mass is 9.78. The minimum atomic E-state index is -1.05. The van der Waals surface area contributed by atoms with Gasteiger partial charge in [-0.15, -0.1) is 0 Å². The molecule has 0 saturated carbocycles. The zero-order chi connectivity index (χ0) is 17.7. The summed E-state index contributed by atoms with van der Waals surface area (Å²) in [4.78, 5) is 24.0. The van der Waals surface area contributed by atoms with Gasteiger partial charge in [-0.25, -0.2) is 0 Å². The number of ether oxygens (including phenoxy) is 1. The van der Waals surface area contributed by atoms with Gasteiger partial charge in [-0.1, -0.05) is 72.8 Å². The largest absolute Gasteiger partial charge is 0.461 e. The van der Waals surface area contributed by atoms with Crippen molar-refractivity contribution in [3.8, 4) is 0 Å². The fourth-order valence-corrected chi connectivity index (χ4v) is 2.97. The topological polar surface area (TPSA) is 43.4 Å². The van der Waals surface area contributed by atoms with Crippen LogP contribution < -0.4 is 0 Å². The second-order valence-electron chi connectivity index (χ2n) is 6.28. The Morgan fingerprint density at radius 2 is 1.64 bits per heavy atom. The molecule has 0 N–H and O–H groups in total. The molecule has 0 aromatic heterocycles. The summed E-state index contributed by atoms with van der Waals surface area (Å²) in [5.74, 6) is -0.414. The third kappa shape index (κ3) is 3.77. The van der Waals surface area contributed by atoms with Gasteiger partial charge in [-0.2, -0.15) is 0 Å². The van der Waals surface area contributed by atoms with Crippen molar-refractivity contribution in [3.63, 3.8) is 0 Å². The highest BCUT2D eigenvalue weighted by molar-refractivity contribution is 5.92. The van der Waals surface area contributed by atoms with Gasteiger partial charge in [0.05, 0.1) is 11.8 Å². The number of hydrogen-bond acceptors (Lipinski definition) is 3. The minimum Gasteiger partial charge on any atom is -0.461 e. The van der Waals surface area contributed by atoms with Gasteiger partial charge in [0.15, 0.2) is 0 Å². The van der Waals surface area contributed by atoms with Crippen LogP contribution in [0.3, 0.4) is 0 Å². The molecule has 1 radical (unpaired) electrons. The van der Waals surface area contributed by atoms with Crippen LogP contribution in [0, 0.1) is 0 Å². The van der Waals surface area contributed by atoms with Crippen molar-refractivity contribution in [1.29, 1.82) is 0 Å². The van der Waals surface area contributed by atoms with Gasteiger partial charge in [0, 0.05) is 0 Å². The van der Waals surface area contributed by atoms with Crippen molar-refractivity contribution >= 4 is 23.0 Å². The number of benzene rings is 3. The third-order valence-corrected chi connectivity index (χ3v) is 4.35. The lowest BCUT2D eigenvalue weighted by Gasteiger charge is -2.23. The van der Waals surface area contributed by atoms with Crippen LogP contribution in [-0.2, 0) is 26.3 Å². The Labute approximate surface area is 147 Å². The van der Waals surface area contributed by atoms with Crippen molar-refractivity contribution in [2.45, 2.75) is 25.4 Å². The Balaban J connectivity index is 1.80. The standard InChI is InChI=1S/C22H19O3/c1-22(16-23,14-21(24)25-15-17-8-3-2-4-9-17)20-13-7-11-18-10-5-6-12-19(18)20/h2-13H,14-15H2,1H3. The molecular weight excluding hydrogens is 312 g/mol. The molecule has 125 valence electrons. The summed E-state index contributed by atoms with van der Waals surface area (Å²) in [5.41, 5.74) is 0.657. The molecule has 0 aliphatic heterocycles. The van der Waals surface area contributed by atoms with E-state index >= 15 is 0 Å². The highest BCUT2D eigenvalue weighted by Crippen LogP contribution is 2.32. The Hall–Kier alpha value is -2.94. The maximum atomic E-state index is 12.3. The number of esters is 1. The summed E-state index contributed by atoms with van der Waals surface area (Å²) in [7, 11) is 0. The first kappa shape index (κ1) is 16.9. The van der Waals surface area contributed by atoms with E-state index in [4.69, 9.17) is 4.74 Å². The lowest BCUT2D eigenvalue weighted by Crippen LogP contribution is -2.28. The first-order chi connectivity index (χ1) is 12.1. The number of carbonyl (C=O) groups excluding carboxylic acids is 2. The van der Waals surface area contributed by atoms with Gasteiger partial charge in [0.2, 0.25) is 6.29 Å². The maximum Gasteiger partial charge on any atom is 0.307 e. The second kappa shape index (κ2) is 7.31. The molecule has 0 heterocycles. The average molecular weight is 331 g/mol. The number of hydrogen-bond donors (Lipinski definition) is 0. The van der Waals surface area contributed by atoms with Crippen LogP contribution in [0.2, 0.25) is 0 Å². The zero-order valence-corrected chi connectivity index (χ0v) is 14.1. The van der Waals surface area contributed by atoms with Gasteiger partial charge >= 0.3 is 5.97 Å². The van der Waals surface area contributed by atoms with E-state index in [0.29, 0.717) is 0 Å². The van der Waals surface area contributed by atoms with Crippen LogP contribution in [0.4, 0.5) is 0 Å². The van der Waals surface area contributed by atoms with Crippen LogP contribution in [0.15, 0.2) is 72.8 Å². The van der Waals surface area contributed by atoms with Crippen LogP contribution in [0.5, 0.6) is 0 Å². The van der Waals surface area contributed by atoms with Crippen molar-refractivity contribution in [2.24, 2.45) is 0 Å². The molecule has 3 aromatic carbocycles. The van der Waals surface area contributed by atoms with E-state index in [-0.39, 0.29) is 13.0 Å². The van der Waals surface area contributed by atoms with E-state index in [9.17, 15) is 9.59 Å². The maximum absolute atomic E-state index is 12.3. The molecule has 0 aliphatic rings. The normalized spacial score (nSPS) is 13.2. The quantitative estimate of drug-likeness (QED) is 0.631. The first-order valence-electron chi connectivity index (χ1n) is 8.19. The molecule has 0 saturated heterocycles. The van der Waals surface area contributed by atoms with Crippen LogP contribution in [-0.4, -0.2) is 12.3 Å². The van der Waals surface area contributed by atoms with Crippen molar-refractivity contribution in [3.05, 3.63) is 83.9 Å². The van der Waals surface area contributed by atoms with Crippen LogP contribution in [0.25, 0.3) is 10.8 Å². The second-order valence-corrected chi connectivity index (χ2v) is 6.28. The predicted molar refractivity (Wildman–Crippen MR) is 97.8 cm³/mol. The molecular formula is C22H19O3. The molecule has 0 aliphatic carbocycles. The molecule has 3 aromatic rings. The lowest BCUT2D eigenvalue weighted by molar-refractivity contribution is -0.145. The summed E-state index contributed by atoms with van der Waals surface area (Å²) in [6, 6.07) is 23.0. The Bertz CT molecular complexity index is 881. The fraction of sp³-hybridized carbons (Fsp3) is 0.182. The van der Waals surface area contributed by atoms with E-state index in [2.05, 4.69) is 6.29 Å². The molecule has 3 heteroatoms. The van der Waals surface area contributed by atoms with E-state index in [0.717, 1.165) is 21.9 Å². The Morgan fingerprint density at radius 3 is 2.40 bits per heavy atom.